The highest BCUT2D eigenvalue weighted by atomic mass is 35.5. The van der Waals surface area contributed by atoms with Crippen LogP contribution in [0, 0.1) is 5.82 Å². The number of carbonyl (C=O) groups excluding carboxylic acids is 1. The molecule has 0 atom stereocenters. The van der Waals surface area contributed by atoms with Crippen molar-refractivity contribution < 1.29 is 9.18 Å². The number of benzene rings is 2. The van der Waals surface area contributed by atoms with Crippen LogP contribution >= 0.6 is 11.6 Å². The Balaban J connectivity index is 1.60. The van der Waals surface area contributed by atoms with Gasteiger partial charge in [-0.25, -0.2) is 4.39 Å². The molecule has 1 amide bonds. The van der Waals surface area contributed by atoms with Gasteiger partial charge in [0.25, 0.3) is 0 Å². The molecular formula is C20H22ClFN2O. The molecule has 2 aromatic rings. The summed E-state index contributed by atoms with van der Waals surface area (Å²) in [6.07, 6.45) is 2.45. The largest absolute Gasteiger partial charge is 0.352 e. The van der Waals surface area contributed by atoms with Gasteiger partial charge in [-0.15, -0.1) is 0 Å². The average Bonchev–Trinajstić information content (AvgIpc) is 3.11. The summed E-state index contributed by atoms with van der Waals surface area (Å²) >= 11 is 5.99. The molecule has 3 nitrogen and oxygen atoms in total. The van der Waals surface area contributed by atoms with Crippen molar-refractivity contribution in [3.05, 3.63) is 70.0 Å². The zero-order valence-corrected chi connectivity index (χ0v) is 14.9. The van der Waals surface area contributed by atoms with Gasteiger partial charge in [-0.1, -0.05) is 41.9 Å². The van der Waals surface area contributed by atoms with Crippen molar-refractivity contribution >= 4 is 17.5 Å². The van der Waals surface area contributed by atoms with E-state index in [-0.39, 0.29) is 22.9 Å². The lowest BCUT2D eigenvalue weighted by atomic mass is 10.1. The quantitative estimate of drug-likeness (QED) is 0.846. The first-order valence-corrected chi connectivity index (χ1v) is 9.00. The van der Waals surface area contributed by atoms with Crippen LogP contribution in [-0.2, 0) is 24.3 Å². The molecule has 0 aliphatic carbocycles. The van der Waals surface area contributed by atoms with Crippen molar-refractivity contribution in [3.8, 4) is 0 Å². The van der Waals surface area contributed by atoms with E-state index in [1.807, 2.05) is 18.2 Å². The summed E-state index contributed by atoms with van der Waals surface area (Å²) in [6, 6.07) is 12.6. The van der Waals surface area contributed by atoms with Crippen molar-refractivity contribution in [2.45, 2.75) is 32.4 Å². The molecule has 0 radical (unpaired) electrons. The molecule has 1 fully saturated rings. The molecular weight excluding hydrogens is 339 g/mol. The SMILES string of the molecule is O=C(Cc1c(F)cccc1Cl)NCc1ccccc1CN1CCCC1. The lowest BCUT2D eigenvalue weighted by molar-refractivity contribution is -0.120. The molecule has 3 rings (SSSR count). The molecule has 1 aliphatic heterocycles. The monoisotopic (exact) mass is 360 g/mol. The van der Waals surface area contributed by atoms with E-state index < -0.39 is 5.82 Å². The third kappa shape index (κ3) is 4.80. The van der Waals surface area contributed by atoms with Crippen molar-refractivity contribution in [2.24, 2.45) is 0 Å². The number of halogens is 2. The van der Waals surface area contributed by atoms with Crippen LogP contribution in [0.25, 0.3) is 0 Å². The second kappa shape index (κ2) is 8.45. The number of nitrogens with zero attached hydrogens (tertiary/aromatic N) is 1. The maximum absolute atomic E-state index is 13.8. The average molecular weight is 361 g/mol. The first-order valence-electron chi connectivity index (χ1n) is 8.62. The highest BCUT2D eigenvalue weighted by Crippen LogP contribution is 2.20. The van der Waals surface area contributed by atoms with Gasteiger partial charge in [-0.3, -0.25) is 9.69 Å². The smallest absolute Gasteiger partial charge is 0.224 e. The Kier molecular flexibility index (Phi) is 6.05. The zero-order valence-electron chi connectivity index (χ0n) is 14.1. The summed E-state index contributed by atoms with van der Waals surface area (Å²) < 4.78 is 13.8. The summed E-state index contributed by atoms with van der Waals surface area (Å²) in [5.74, 6) is -0.681. The van der Waals surface area contributed by atoms with E-state index in [0.29, 0.717) is 6.54 Å². The summed E-state index contributed by atoms with van der Waals surface area (Å²) in [4.78, 5) is 14.6. The van der Waals surface area contributed by atoms with E-state index in [1.54, 1.807) is 6.07 Å². The van der Waals surface area contributed by atoms with Crippen molar-refractivity contribution in [1.29, 1.82) is 0 Å². The molecule has 1 N–H and O–H groups in total. The lowest BCUT2D eigenvalue weighted by Crippen LogP contribution is -2.26. The van der Waals surface area contributed by atoms with Gasteiger partial charge in [0.15, 0.2) is 0 Å². The minimum atomic E-state index is -0.447. The minimum Gasteiger partial charge on any atom is -0.352 e. The Morgan fingerprint density at radius 1 is 1.08 bits per heavy atom. The fourth-order valence-electron chi connectivity index (χ4n) is 3.18. The van der Waals surface area contributed by atoms with Gasteiger partial charge in [-0.2, -0.15) is 0 Å². The molecule has 132 valence electrons. The van der Waals surface area contributed by atoms with E-state index in [1.165, 1.54) is 30.5 Å². The number of hydrogen-bond donors (Lipinski definition) is 1. The Morgan fingerprint density at radius 2 is 1.80 bits per heavy atom. The number of nitrogens with one attached hydrogen (secondary N) is 1. The lowest BCUT2D eigenvalue weighted by Gasteiger charge is -2.17. The van der Waals surface area contributed by atoms with E-state index in [2.05, 4.69) is 16.3 Å². The standard InChI is InChI=1S/C20H22ClFN2O/c21-18-8-5-9-19(22)17(18)12-20(25)23-13-15-6-1-2-7-16(15)14-24-10-3-4-11-24/h1-2,5-9H,3-4,10-14H2,(H,23,25). The highest BCUT2D eigenvalue weighted by molar-refractivity contribution is 6.31. The maximum atomic E-state index is 13.8. The number of hydrogen-bond acceptors (Lipinski definition) is 2. The molecule has 0 bridgehead atoms. The van der Waals surface area contributed by atoms with Crippen LogP contribution in [0.3, 0.4) is 0 Å². The molecule has 1 heterocycles. The topological polar surface area (TPSA) is 32.3 Å². The first kappa shape index (κ1) is 17.9. The molecule has 1 aliphatic rings. The van der Waals surface area contributed by atoms with Crippen LogP contribution in [0.4, 0.5) is 4.39 Å². The fraction of sp³-hybridized carbons (Fsp3) is 0.350. The van der Waals surface area contributed by atoms with Crippen molar-refractivity contribution in [2.75, 3.05) is 13.1 Å². The summed E-state index contributed by atoms with van der Waals surface area (Å²) in [5.41, 5.74) is 2.57. The molecule has 0 aromatic heterocycles. The predicted octanol–water partition coefficient (Wildman–Crippen LogP) is 3.93. The maximum Gasteiger partial charge on any atom is 0.224 e. The molecule has 0 saturated carbocycles. The van der Waals surface area contributed by atoms with Gasteiger partial charge in [-0.05, 0) is 49.2 Å². The normalized spacial score (nSPS) is 14.6. The van der Waals surface area contributed by atoms with E-state index in [0.717, 1.165) is 25.2 Å². The Hall–Kier alpha value is -1.91. The molecule has 0 spiro atoms. The molecule has 2 aromatic carbocycles. The van der Waals surface area contributed by atoms with Gasteiger partial charge >= 0.3 is 0 Å². The van der Waals surface area contributed by atoms with Gasteiger partial charge in [0.05, 0.1) is 6.42 Å². The van der Waals surface area contributed by atoms with Crippen molar-refractivity contribution in [3.63, 3.8) is 0 Å². The second-order valence-electron chi connectivity index (χ2n) is 6.41. The molecule has 5 heteroatoms. The van der Waals surface area contributed by atoms with Gasteiger partial charge < -0.3 is 5.32 Å². The van der Waals surface area contributed by atoms with Crippen LogP contribution in [0.1, 0.15) is 29.5 Å². The van der Waals surface area contributed by atoms with E-state index in [4.69, 9.17) is 11.6 Å². The fourth-order valence-corrected chi connectivity index (χ4v) is 3.41. The Labute approximate surface area is 152 Å². The summed E-state index contributed by atoms with van der Waals surface area (Å²) in [5, 5.41) is 3.17. The predicted molar refractivity (Wildman–Crippen MR) is 97.9 cm³/mol. The summed E-state index contributed by atoms with van der Waals surface area (Å²) in [6.45, 7) is 3.61. The second-order valence-corrected chi connectivity index (χ2v) is 6.81. The van der Waals surface area contributed by atoms with E-state index in [9.17, 15) is 9.18 Å². The van der Waals surface area contributed by atoms with Gasteiger partial charge in [0.2, 0.25) is 5.91 Å². The number of amides is 1. The number of carbonyl (C=O) groups is 1. The van der Waals surface area contributed by atoms with Crippen molar-refractivity contribution in [1.82, 2.24) is 10.2 Å². The third-order valence-corrected chi connectivity index (χ3v) is 4.94. The molecule has 1 saturated heterocycles. The molecule has 0 unspecified atom stereocenters. The number of rotatable bonds is 6. The highest BCUT2D eigenvalue weighted by Gasteiger charge is 2.15. The Morgan fingerprint density at radius 3 is 2.52 bits per heavy atom. The zero-order chi connectivity index (χ0) is 17.6. The van der Waals surface area contributed by atoms with Gasteiger partial charge in [0, 0.05) is 23.7 Å². The minimum absolute atomic E-state index is 0.0558. The third-order valence-electron chi connectivity index (χ3n) is 4.59. The van der Waals surface area contributed by atoms with Crippen LogP contribution in [0.5, 0.6) is 0 Å². The van der Waals surface area contributed by atoms with Gasteiger partial charge in [0.1, 0.15) is 5.82 Å². The number of likely N-dealkylation sites (tertiary alicyclic amines) is 1. The summed E-state index contributed by atoms with van der Waals surface area (Å²) in [7, 11) is 0. The Bertz CT molecular complexity index is 724. The van der Waals surface area contributed by atoms with Crippen LogP contribution in [0.2, 0.25) is 5.02 Å². The van der Waals surface area contributed by atoms with E-state index >= 15 is 0 Å². The van der Waals surface area contributed by atoms with Crippen LogP contribution in [0.15, 0.2) is 42.5 Å². The first-order chi connectivity index (χ1) is 12.1. The van der Waals surface area contributed by atoms with Crippen LogP contribution in [-0.4, -0.2) is 23.9 Å². The van der Waals surface area contributed by atoms with Crippen LogP contribution < -0.4 is 5.32 Å². The molecule has 25 heavy (non-hydrogen) atoms.